The zero-order chi connectivity index (χ0) is 24.2. The van der Waals surface area contributed by atoms with Crippen LogP contribution in [0.15, 0.2) is 36.4 Å². The molecule has 0 saturated carbocycles. The molecule has 0 aliphatic carbocycles. The van der Waals surface area contributed by atoms with Crippen molar-refractivity contribution in [2.24, 2.45) is 11.8 Å². The van der Waals surface area contributed by atoms with Crippen molar-refractivity contribution in [1.82, 2.24) is 0 Å². The molecule has 2 aliphatic heterocycles. The highest BCUT2D eigenvalue weighted by Crippen LogP contribution is 2.39. The summed E-state index contributed by atoms with van der Waals surface area (Å²) in [6.07, 6.45) is 4.02. The Labute approximate surface area is 196 Å². The monoisotopic (exact) mass is 480 g/mol. The van der Waals surface area contributed by atoms with Crippen LogP contribution < -0.4 is 4.74 Å². The SMILES string of the molecule is C/C=C/C1OCC(C2CC[C@@H](c3ccc(-c4ccc(OCC)c(F)c4F)c(F)c3F)OC2)CO1. The number of hydrogen-bond acceptors (Lipinski definition) is 4. The van der Waals surface area contributed by atoms with Gasteiger partial charge in [0, 0.05) is 22.6 Å². The maximum atomic E-state index is 15.0. The third-order valence-corrected chi connectivity index (χ3v) is 6.37. The molecule has 0 aromatic heterocycles. The van der Waals surface area contributed by atoms with Gasteiger partial charge in [0.15, 0.2) is 29.5 Å². The summed E-state index contributed by atoms with van der Waals surface area (Å²) < 4.78 is 81.0. The summed E-state index contributed by atoms with van der Waals surface area (Å²) in [6.45, 7) is 5.15. The van der Waals surface area contributed by atoms with E-state index in [0.717, 1.165) is 6.42 Å². The second kappa shape index (κ2) is 10.9. The maximum absolute atomic E-state index is 15.0. The van der Waals surface area contributed by atoms with E-state index in [2.05, 4.69) is 0 Å². The lowest BCUT2D eigenvalue weighted by Crippen LogP contribution is -2.38. The molecule has 2 aromatic carbocycles. The third-order valence-electron chi connectivity index (χ3n) is 6.37. The molecule has 0 N–H and O–H groups in total. The standard InChI is InChI=1S/C26H28F4O4/c1-3-5-22-33-13-16(14-34-22)15-6-10-20(32-12-15)19-8-7-17(23(27)25(19)29)18-9-11-21(31-4-2)26(30)24(18)28/h3,5,7-9,11,15-16,20,22H,4,6,10,12-14H2,1-2H3/b5-3+/t15?,16?,20-,22?/m0/s1. The van der Waals surface area contributed by atoms with E-state index in [9.17, 15) is 17.6 Å². The Hall–Kier alpha value is -2.42. The molecule has 34 heavy (non-hydrogen) atoms. The molecular weight excluding hydrogens is 452 g/mol. The van der Waals surface area contributed by atoms with Gasteiger partial charge in [-0.15, -0.1) is 0 Å². The highest BCUT2D eigenvalue weighted by atomic mass is 19.2. The topological polar surface area (TPSA) is 36.9 Å². The van der Waals surface area contributed by atoms with E-state index >= 15 is 0 Å². The average molecular weight is 480 g/mol. The molecule has 2 aromatic rings. The van der Waals surface area contributed by atoms with E-state index in [1.165, 1.54) is 24.3 Å². The lowest BCUT2D eigenvalue weighted by atomic mass is 9.85. The van der Waals surface area contributed by atoms with E-state index in [0.29, 0.717) is 26.2 Å². The fourth-order valence-corrected chi connectivity index (χ4v) is 4.49. The van der Waals surface area contributed by atoms with Crippen molar-refractivity contribution in [2.75, 3.05) is 26.4 Å². The molecule has 4 nitrogen and oxygen atoms in total. The van der Waals surface area contributed by atoms with Crippen LogP contribution in [-0.4, -0.2) is 32.7 Å². The maximum Gasteiger partial charge on any atom is 0.201 e. The Bertz CT molecular complexity index is 1030. The molecule has 0 spiro atoms. The fourth-order valence-electron chi connectivity index (χ4n) is 4.49. The number of allylic oxidation sites excluding steroid dienone is 1. The Morgan fingerprint density at radius 2 is 1.47 bits per heavy atom. The van der Waals surface area contributed by atoms with Crippen molar-refractivity contribution in [3.05, 3.63) is 65.2 Å². The quantitative estimate of drug-likeness (QED) is 0.357. The van der Waals surface area contributed by atoms with Crippen LogP contribution in [0.25, 0.3) is 11.1 Å². The number of ether oxygens (including phenoxy) is 4. The van der Waals surface area contributed by atoms with Crippen LogP contribution in [0, 0.1) is 35.1 Å². The van der Waals surface area contributed by atoms with Gasteiger partial charge >= 0.3 is 0 Å². The first-order valence-electron chi connectivity index (χ1n) is 11.5. The largest absolute Gasteiger partial charge is 0.491 e. The van der Waals surface area contributed by atoms with Crippen LogP contribution in [0.1, 0.15) is 38.4 Å². The summed E-state index contributed by atoms with van der Waals surface area (Å²) in [5.74, 6) is -4.81. The van der Waals surface area contributed by atoms with E-state index in [4.69, 9.17) is 18.9 Å². The molecular formula is C26H28F4O4. The van der Waals surface area contributed by atoms with Gasteiger partial charge in [0.1, 0.15) is 0 Å². The van der Waals surface area contributed by atoms with E-state index in [-0.39, 0.29) is 47.2 Å². The summed E-state index contributed by atoms with van der Waals surface area (Å²) in [5, 5.41) is 0. The summed E-state index contributed by atoms with van der Waals surface area (Å²) >= 11 is 0. The predicted molar refractivity (Wildman–Crippen MR) is 118 cm³/mol. The van der Waals surface area contributed by atoms with Gasteiger partial charge in [-0.05, 0) is 50.8 Å². The summed E-state index contributed by atoms with van der Waals surface area (Å²) in [4.78, 5) is 0. The predicted octanol–water partition coefficient (Wildman–Crippen LogP) is 6.34. The first-order chi connectivity index (χ1) is 16.4. The Morgan fingerprint density at radius 1 is 0.824 bits per heavy atom. The lowest BCUT2D eigenvalue weighted by molar-refractivity contribution is -0.193. The second-order valence-corrected chi connectivity index (χ2v) is 8.48. The van der Waals surface area contributed by atoms with Crippen molar-refractivity contribution in [1.29, 1.82) is 0 Å². The van der Waals surface area contributed by atoms with Crippen LogP contribution in [0.5, 0.6) is 5.75 Å². The molecule has 4 rings (SSSR count). The van der Waals surface area contributed by atoms with Crippen molar-refractivity contribution in [3.8, 4) is 16.9 Å². The van der Waals surface area contributed by atoms with Crippen molar-refractivity contribution in [2.45, 2.75) is 39.1 Å². The van der Waals surface area contributed by atoms with Crippen LogP contribution in [0.3, 0.4) is 0 Å². The normalized spacial score (nSPS) is 25.6. The van der Waals surface area contributed by atoms with Gasteiger partial charge in [-0.2, -0.15) is 4.39 Å². The van der Waals surface area contributed by atoms with Gasteiger partial charge in [-0.25, -0.2) is 13.2 Å². The summed E-state index contributed by atoms with van der Waals surface area (Å²) in [6, 6.07) is 5.01. The average Bonchev–Trinajstić information content (AvgIpc) is 2.85. The number of benzene rings is 2. The molecule has 2 heterocycles. The Kier molecular flexibility index (Phi) is 7.91. The zero-order valence-corrected chi connectivity index (χ0v) is 19.2. The fraction of sp³-hybridized carbons (Fsp3) is 0.462. The number of halogens is 4. The van der Waals surface area contributed by atoms with Gasteiger partial charge in [-0.3, -0.25) is 0 Å². The minimum atomic E-state index is -1.29. The zero-order valence-electron chi connectivity index (χ0n) is 19.2. The third kappa shape index (κ3) is 4.99. The molecule has 2 aliphatic rings. The van der Waals surface area contributed by atoms with Gasteiger partial charge in [0.2, 0.25) is 5.82 Å². The molecule has 8 heteroatoms. The van der Waals surface area contributed by atoms with Gasteiger partial charge in [-0.1, -0.05) is 18.2 Å². The highest BCUT2D eigenvalue weighted by Gasteiger charge is 2.34. The van der Waals surface area contributed by atoms with E-state index in [1.807, 2.05) is 19.1 Å². The number of rotatable bonds is 6. The molecule has 2 fully saturated rings. The smallest absolute Gasteiger partial charge is 0.201 e. The van der Waals surface area contributed by atoms with Crippen molar-refractivity contribution >= 4 is 0 Å². The second-order valence-electron chi connectivity index (χ2n) is 8.48. The van der Waals surface area contributed by atoms with Crippen LogP contribution in [0.2, 0.25) is 0 Å². The van der Waals surface area contributed by atoms with Crippen LogP contribution in [0.4, 0.5) is 17.6 Å². The van der Waals surface area contributed by atoms with Crippen molar-refractivity contribution < 1.29 is 36.5 Å². The molecule has 0 amide bonds. The summed E-state index contributed by atoms with van der Waals surface area (Å²) in [7, 11) is 0. The molecule has 2 atom stereocenters. The lowest BCUT2D eigenvalue weighted by Gasteiger charge is -2.37. The molecule has 0 radical (unpaired) electrons. The Balaban J connectivity index is 1.45. The minimum absolute atomic E-state index is 0.0656. The molecule has 1 unspecified atom stereocenters. The van der Waals surface area contributed by atoms with Crippen LogP contribution >= 0.6 is 0 Å². The molecule has 184 valence electrons. The van der Waals surface area contributed by atoms with Gasteiger partial charge < -0.3 is 18.9 Å². The van der Waals surface area contributed by atoms with E-state index < -0.39 is 29.4 Å². The molecule has 0 bridgehead atoms. The van der Waals surface area contributed by atoms with Crippen molar-refractivity contribution in [3.63, 3.8) is 0 Å². The first kappa shape index (κ1) is 24.7. The Morgan fingerprint density at radius 3 is 2.09 bits per heavy atom. The van der Waals surface area contributed by atoms with Crippen LogP contribution in [-0.2, 0) is 14.2 Å². The first-order valence-corrected chi connectivity index (χ1v) is 11.5. The minimum Gasteiger partial charge on any atom is -0.491 e. The highest BCUT2D eigenvalue weighted by molar-refractivity contribution is 5.66. The number of hydrogen-bond donors (Lipinski definition) is 0. The van der Waals surface area contributed by atoms with Gasteiger partial charge in [0.25, 0.3) is 0 Å². The van der Waals surface area contributed by atoms with Gasteiger partial charge in [0.05, 0.1) is 32.5 Å². The summed E-state index contributed by atoms with van der Waals surface area (Å²) in [5.41, 5.74) is -0.667. The van der Waals surface area contributed by atoms with E-state index in [1.54, 1.807) is 6.92 Å². The molecule has 2 saturated heterocycles.